The Hall–Kier alpha value is -3.38. The van der Waals surface area contributed by atoms with E-state index in [0.29, 0.717) is 6.54 Å². The lowest BCUT2D eigenvalue weighted by Crippen LogP contribution is -2.20. The maximum absolute atomic E-state index is 15.1. The van der Waals surface area contributed by atoms with E-state index in [1.54, 1.807) is 0 Å². The van der Waals surface area contributed by atoms with Crippen molar-refractivity contribution in [2.75, 3.05) is 0 Å². The molecule has 4 aromatic rings. The van der Waals surface area contributed by atoms with Crippen molar-refractivity contribution in [1.82, 2.24) is 9.78 Å². The van der Waals surface area contributed by atoms with Crippen molar-refractivity contribution in [3.8, 4) is 11.3 Å². The Bertz CT molecular complexity index is 1300. The van der Waals surface area contributed by atoms with Crippen LogP contribution in [0.3, 0.4) is 0 Å². The molecule has 3 nitrogen and oxygen atoms in total. The zero-order valence-corrected chi connectivity index (χ0v) is 21.0. The van der Waals surface area contributed by atoms with Crippen LogP contribution in [0.25, 0.3) is 11.3 Å². The van der Waals surface area contributed by atoms with Gasteiger partial charge in [-0.2, -0.15) is 5.10 Å². The van der Waals surface area contributed by atoms with Gasteiger partial charge in [-0.25, -0.2) is 0 Å². The highest BCUT2D eigenvalue weighted by Gasteiger charge is 2.32. The second kappa shape index (κ2) is 10.7. The summed E-state index contributed by atoms with van der Waals surface area (Å²) in [5, 5.41) is 7.34. The smallest absolute Gasteiger partial charge is 0.176 e. The maximum atomic E-state index is 15.1. The molecule has 1 heterocycles. The van der Waals surface area contributed by atoms with E-state index < -0.39 is 7.14 Å². The standard InChI is InChI=1S/C30H31N2OP/c1-4-25(5-2)22-29(23-32-24(3)21-30(31-32)26-15-9-6-10-16-26)34(33,27-17-11-7-12-18-27)28-19-13-8-14-20-28/h6-21H,4-5,23H2,1-3H3. The van der Waals surface area contributed by atoms with E-state index in [1.165, 1.54) is 0 Å². The number of aryl methyl sites for hydroxylation is 1. The molecule has 4 rings (SSSR count). The summed E-state index contributed by atoms with van der Waals surface area (Å²) in [4.78, 5) is 0. The molecule has 0 aliphatic heterocycles. The monoisotopic (exact) mass is 466 g/mol. The lowest BCUT2D eigenvalue weighted by molar-refractivity contribution is 0.585. The van der Waals surface area contributed by atoms with Crippen LogP contribution in [0.15, 0.2) is 114 Å². The van der Waals surface area contributed by atoms with Crippen LogP contribution in [0, 0.1) is 6.92 Å². The van der Waals surface area contributed by atoms with Crippen LogP contribution in [0.4, 0.5) is 0 Å². The zero-order valence-electron chi connectivity index (χ0n) is 20.1. The molecule has 0 bridgehead atoms. The van der Waals surface area contributed by atoms with E-state index in [9.17, 15) is 0 Å². The van der Waals surface area contributed by atoms with Gasteiger partial charge in [-0.15, -0.1) is 5.73 Å². The van der Waals surface area contributed by atoms with Gasteiger partial charge in [0, 0.05) is 21.9 Å². The number of hydrogen-bond donors (Lipinski definition) is 0. The summed E-state index contributed by atoms with van der Waals surface area (Å²) in [6.07, 6.45) is 1.74. The van der Waals surface area contributed by atoms with Crippen molar-refractivity contribution < 1.29 is 4.57 Å². The van der Waals surface area contributed by atoms with Crippen molar-refractivity contribution in [1.29, 1.82) is 0 Å². The summed E-state index contributed by atoms with van der Waals surface area (Å²) < 4.78 is 17.1. The van der Waals surface area contributed by atoms with Crippen molar-refractivity contribution >= 4 is 17.8 Å². The molecule has 0 aliphatic carbocycles. The SMILES string of the molecule is CCC(=C=C(Cn1nc(-c2ccccc2)cc1C)P(=O)(c1ccccc1)c1ccccc1)CC. The van der Waals surface area contributed by atoms with Gasteiger partial charge >= 0.3 is 0 Å². The highest BCUT2D eigenvalue weighted by atomic mass is 31.2. The first-order chi connectivity index (χ1) is 16.6. The third kappa shape index (κ3) is 4.92. The lowest BCUT2D eigenvalue weighted by atomic mass is 10.1. The van der Waals surface area contributed by atoms with E-state index in [4.69, 9.17) is 5.10 Å². The molecule has 0 amide bonds. The minimum Gasteiger partial charge on any atom is -0.308 e. The summed E-state index contributed by atoms with van der Waals surface area (Å²) in [6.45, 7) is 6.73. The normalized spacial score (nSPS) is 11.1. The van der Waals surface area contributed by atoms with Crippen molar-refractivity contribution in [3.05, 3.63) is 119 Å². The molecule has 172 valence electrons. The topological polar surface area (TPSA) is 34.9 Å². The van der Waals surface area contributed by atoms with Crippen molar-refractivity contribution in [2.45, 2.75) is 40.2 Å². The first kappa shape index (κ1) is 23.8. The predicted molar refractivity (Wildman–Crippen MR) is 143 cm³/mol. The summed E-state index contributed by atoms with van der Waals surface area (Å²) in [5.74, 6) is 0. The highest BCUT2D eigenvalue weighted by Crippen LogP contribution is 2.52. The van der Waals surface area contributed by atoms with Crippen LogP contribution in [-0.4, -0.2) is 9.78 Å². The molecule has 0 saturated carbocycles. The molecule has 0 fully saturated rings. The summed E-state index contributed by atoms with van der Waals surface area (Å²) in [7, 11) is -3.14. The molecule has 0 N–H and O–H groups in total. The van der Waals surface area contributed by atoms with Gasteiger partial charge in [0.2, 0.25) is 0 Å². The Morgan fingerprint density at radius 3 is 1.82 bits per heavy atom. The van der Waals surface area contributed by atoms with Crippen molar-refractivity contribution in [2.24, 2.45) is 0 Å². The fourth-order valence-electron chi connectivity index (χ4n) is 4.15. The quantitative estimate of drug-likeness (QED) is 0.205. The molecule has 0 unspecified atom stereocenters. The number of nitrogens with zero attached hydrogens (tertiary/aromatic N) is 2. The molecule has 0 atom stereocenters. The number of allylic oxidation sites excluding steroid dienone is 1. The molecule has 1 aromatic heterocycles. The fraction of sp³-hybridized carbons (Fsp3) is 0.200. The Balaban J connectivity index is 1.91. The fourth-order valence-corrected chi connectivity index (χ4v) is 6.90. The molecule has 4 heteroatoms. The molecule has 0 aliphatic rings. The van der Waals surface area contributed by atoms with Crippen LogP contribution in [-0.2, 0) is 11.1 Å². The molecule has 34 heavy (non-hydrogen) atoms. The van der Waals surface area contributed by atoms with E-state index >= 15 is 4.57 Å². The van der Waals surface area contributed by atoms with Crippen LogP contribution in [0.2, 0.25) is 0 Å². The zero-order chi connectivity index (χ0) is 24.0. The van der Waals surface area contributed by atoms with E-state index in [1.807, 2.05) is 83.5 Å². The van der Waals surface area contributed by atoms with Gasteiger partial charge in [-0.1, -0.05) is 105 Å². The summed E-state index contributed by atoms with van der Waals surface area (Å²) >= 11 is 0. The summed E-state index contributed by atoms with van der Waals surface area (Å²) in [6, 6.07) is 31.9. The Kier molecular flexibility index (Phi) is 7.48. The van der Waals surface area contributed by atoms with Gasteiger partial charge in [0.25, 0.3) is 0 Å². The Morgan fingerprint density at radius 2 is 1.32 bits per heavy atom. The van der Waals surface area contributed by atoms with E-state index in [0.717, 1.165) is 51.3 Å². The van der Waals surface area contributed by atoms with E-state index in [-0.39, 0.29) is 0 Å². The minimum absolute atomic E-state index is 0.420. The summed E-state index contributed by atoms with van der Waals surface area (Å²) in [5.41, 5.74) is 7.81. The van der Waals surface area contributed by atoms with Gasteiger partial charge in [-0.05, 0) is 31.4 Å². The molecule has 0 spiro atoms. The molecule has 0 radical (unpaired) electrons. The first-order valence-corrected chi connectivity index (χ1v) is 13.6. The van der Waals surface area contributed by atoms with Gasteiger partial charge in [0.05, 0.1) is 17.6 Å². The van der Waals surface area contributed by atoms with Gasteiger partial charge in [-0.3, -0.25) is 4.68 Å². The lowest BCUT2D eigenvalue weighted by Gasteiger charge is -2.22. The number of hydrogen-bond acceptors (Lipinski definition) is 2. The third-order valence-electron chi connectivity index (χ3n) is 6.14. The largest absolute Gasteiger partial charge is 0.308 e. The minimum atomic E-state index is -3.14. The van der Waals surface area contributed by atoms with Gasteiger partial charge in [0.15, 0.2) is 7.14 Å². The second-order valence-corrected chi connectivity index (χ2v) is 11.1. The number of benzene rings is 3. The molecule has 0 saturated heterocycles. The van der Waals surface area contributed by atoms with Crippen LogP contribution in [0.1, 0.15) is 32.4 Å². The third-order valence-corrected chi connectivity index (χ3v) is 9.21. The average molecular weight is 467 g/mol. The Morgan fingerprint density at radius 1 is 0.824 bits per heavy atom. The number of rotatable bonds is 8. The molecule has 3 aromatic carbocycles. The maximum Gasteiger partial charge on any atom is 0.176 e. The van der Waals surface area contributed by atoms with Gasteiger partial charge < -0.3 is 4.57 Å². The molecular formula is C30H31N2OP. The highest BCUT2D eigenvalue weighted by molar-refractivity contribution is 7.82. The number of aromatic nitrogens is 2. The predicted octanol–water partition coefficient (Wildman–Crippen LogP) is 7.10. The molecular weight excluding hydrogens is 435 g/mol. The van der Waals surface area contributed by atoms with E-state index in [2.05, 4.69) is 44.7 Å². The van der Waals surface area contributed by atoms with Crippen molar-refractivity contribution in [3.63, 3.8) is 0 Å². The van der Waals surface area contributed by atoms with Crippen LogP contribution >= 0.6 is 7.14 Å². The second-order valence-electron chi connectivity index (χ2n) is 8.36. The van der Waals surface area contributed by atoms with Crippen LogP contribution in [0.5, 0.6) is 0 Å². The average Bonchev–Trinajstić information content (AvgIpc) is 3.27. The first-order valence-electron chi connectivity index (χ1n) is 11.9. The van der Waals surface area contributed by atoms with Crippen LogP contribution < -0.4 is 10.6 Å². The van der Waals surface area contributed by atoms with Gasteiger partial charge in [0.1, 0.15) is 0 Å². The Labute approximate surface area is 202 Å².